The second-order valence-corrected chi connectivity index (χ2v) is 4.54. The third kappa shape index (κ3) is 2.83. The van der Waals surface area contributed by atoms with Gasteiger partial charge in [0.2, 0.25) is 5.78 Å². The van der Waals surface area contributed by atoms with Crippen molar-refractivity contribution in [1.29, 1.82) is 0 Å². The molecular weight excluding hydrogens is 264 g/mol. The van der Waals surface area contributed by atoms with Gasteiger partial charge in [-0.05, 0) is 18.6 Å². The van der Waals surface area contributed by atoms with Crippen LogP contribution < -0.4 is 5.73 Å². The molecule has 2 rings (SSSR count). The number of rotatable bonds is 5. The summed E-state index contributed by atoms with van der Waals surface area (Å²) in [6.45, 7) is 2.97. The lowest BCUT2D eigenvalue weighted by molar-refractivity contribution is 0.102. The molecule has 0 aliphatic heterocycles. The van der Waals surface area contributed by atoms with Gasteiger partial charge in [-0.3, -0.25) is 14.5 Å². The van der Waals surface area contributed by atoms with E-state index in [9.17, 15) is 4.79 Å². The molecule has 0 atom stereocenters. The van der Waals surface area contributed by atoms with Crippen LogP contribution in [-0.4, -0.2) is 20.5 Å². The summed E-state index contributed by atoms with van der Waals surface area (Å²) in [4.78, 5) is 16.5. The van der Waals surface area contributed by atoms with Gasteiger partial charge in [-0.1, -0.05) is 18.5 Å². The summed E-state index contributed by atoms with van der Waals surface area (Å²) >= 11 is 6.05. The van der Waals surface area contributed by atoms with E-state index < -0.39 is 0 Å². The first-order valence-electron chi connectivity index (χ1n) is 6.08. The van der Waals surface area contributed by atoms with Gasteiger partial charge in [0, 0.05) is 24.8 Å². The maximum absolute atomic E-state index is 12.5. The summed E-state index contributed by atoms with van der Waals surface area (Å²) in [5.74, 6) is -0.159. The van der Waals surface area contributed by atoms with Crippen LogP contribution in [0, 0.1) is 0 Å². The van der Waals surface area contributed by atoms with E-state index in [2.05, 4.69) is 10.1 Å². The van der Waals surface area contributed by atoms with E-state index in [4.69, 9.17) is 17.3 Å². The van der Waals surface area contributed by atoms with Crippen molar-refractivity contribution >= 4 is 17.4 Å². The van der Waals surface area contributed by atoms with Crippen LogP contribution in [0.4, 0.5) is 0 Å². The fourth-order valence-electron chi connectivity index (χ4n) is 1.84. The highest BCUT2D eigenvalue weighted by atomic mass is 35.5. The van der Waals surface area contributed by atoms with Crippen LogP contribution >= 0.6 is 11.6 Å². The molecule has 0 bridgehead atoms. The van der Waals surface area contributed by atoms with Crippen LogP contribution in [0.2, 0.25) is 5.02 Å². The number of nitrogens with two attached hydrogens (primary N) is 1. The lowest BCUT2D eigenvalue weighted by Crippen LogP contribution is -2.13. The summed E-state index contributed by atoms with van der Waals surface area (Å²) in [6, 6.07) is 3.34. The maximum atomic E-state index is 12.5. The molecule has 6 heteroatoms. The van der Waals surface area contributed by atoms with Gasteiger partial charge >= 0.3 is 0 Å². The highest BCUT2D eigenvalue weighted by Gasteiger charge is 2.19. The molecule has 0 aromatic carbocycles. The van der Waals surface area contributed by atoms with Crippen LogP contribution in [0.5, 0.6) is 0 Å². The van der Waals surface area contributed by atoms with Crippen molar-refractivity contribution in [1.82, 2.24) is 14.8 Å². The molecule has 0 aliphatic carbocycles. The third-order valence-corrected chi connectivity index (χ3v) is 3.01. The van der Waals surface area contributed by atoms with Crippen molar-refractivity contribution < 1.29 is 4.79 Å². The van der Waals surface area contributed by atoms with E-state index in [0.29, 0.717) is 35.1 Å². The molecule has 0 saturated carbocycles. The maximum Gasteiger partial charge on any atom is 0.212 e. The van der Waals surface area contributed by atoms with Gasteiger partial charge in [-0.25, -0.2) is 0 Å². The van der Waals surface area contributed by atoms with Crippen LogP contribution in [0.3, 0.4) is 0 Å². The van der Waals surface area contributed by atoms with Crippen molar-refractivity contribution in [3.63, 3.8) is 0 Å². The van der Waals surface area contributed by atoms with Crippen LogP contribution in [0.1, 0.15) is 35.1 Å². The van der Waals surface area contributed by atoms with Crippen molar-refractivity contribution in [2.75, 3.05) is 0 Å². The normalized spacial score (nSPS) is 10.7. The molecule has 2 aromatic rings. The van der Waals surface area contributed by atoms with Gasteiger partial charge < -0.3 is 5.73 Å². The average molecular weight is 279 g/mol. The number of aromatic nitrogens is 3. The minimum absolute atomic E-state index is 0.159. The Morgan fingerprint density at radius 2 is 2.32 bits per heavy atom. The van der Waals surface area contributed by atoms with E-state index in [-0.39, 0.29) is 5.78 Å². The van der Waals surface area contributed by atoms with Crippen LogP contribution in [-0.2, 0) is 13.1 Å². The van der Waals surface area contributed by atoms with Crippen LogP contribution in [0.25, 0.3) is 0 Å². The topological polar surface area (TPSA) is 73.8 Å². The van der Waals surface area contributed by atoms with E-state index >= 15 is 0 Å². The molecule has 0 saturated heterocycles. The Hall–Kier alpha value is -1.72. The molecule has 100 valence electrons. The van der Waals surface area contributed by atoms with Gasteiger partial charge in [0.15, 0.2) is 0 Å². The van der Waals surface area contributed by atoms with E-state index in [1.165, 1.54) is 6.20 Å². The molecule has 0 radical (unpaired) electrons. The van der Waals surface area contributed by atoms with E-state index in [0.717, 1.165) is 6.42 Å². The molecule has 0 unspecified atom stereocenters. The minimum atomic E-state index is -0.159. The van der Waals surface area contributed by atoms with Gasteiger partial charge in [0.1, 0.15) is 5.69 Å². The van der Waals surface area contributed by atoms with E-state index in [1.807, 2.05) is 6.92 Å². The molecule has 0 amide bonds. The molecule has 19 heavy (non-hydrogen) atoms. The third-order valence-electron chi connectivity index (χ3n) is 2.73. The number of carbonyl (C=O) groups is 1. The summed E-state index contributed by atoms with van der Waals surface area (Å²) < 4.78 is 1.63. The number of hydrogen-bond donors (Lipinski definition) is 1. The lowest BCUT2D eigenvalue weighted by Gasteiger charge is -2.06. The zero-order valence-electron chi connectivity index (χ0n) is 10.6. The fourth-order valence-corrected chi connectivity index (χ4v) is 2.06. The van der Waals surface area contributed by atoms with Gasteiger partial charge in [0.25, 0.3) is 0 Å². The van der Waals surface area contributed by atoms with Crippen molar-refractivity contribution in [3.8, 4) is 0 Å². The van der Waals surface area contributed by atoms with Gasteiger partial charge in [-0.15, -0.1) is 0 Å². The zero-order chi connectivity index (χ0) is 13.8. The van der Waals surface area contributed by atoms with Crippen molar-refractivity contribution in [2.45, 2.75) is 26.4 Å². The molecule has 2 aromatic heterocycles. The average Bonchev–Trinajstić information content (AvgIpc) is 2.79. The number of ketones is 1. The number of hydrogen-bond acceptors (Lipinski definition) is 4. The molecule has 0 aliphatic rings. The fraction of sp³-hybridized carbons (Fsp3) is 0.308. The standard InChI is InChI=1S/C13H15ClN4O/c1-2-5-18-12(11(14)8-17-18)13(19)9-3-4-16-10(6-9)7-15/h3-4,6,8H,2,5,7,15H2,1H3. The Kier molecular flexibility index (Phi) is 4.29. The van der Waals surface area contributed by atoms with Crippen LogP contribution in [0.15, 0.2) is 24.5 Å². The Morgan fingerprint density at radius 1 is 1.53 bits per heavy atom. The first-order chi connectivity index (χ1) is 9.17. The van der Waals surface area contributed by atoms with Gasteiger partial charge in [-0.2, -0.15) is 5.10 Å². The number of carbonyl (C=O) groups excluding carboxylic acids is 1. The summed E-state index contributed by atoms with van der Waals surface area (Å²) in [7, 11) is 0. The number of pyridine rings is 1. The first-order valence-corrected chi connectivity index (χ1v) is 6.46. The molecule has 0 spiro atoms. The summed E-state index contributed by atoms with van der Waals surface area (Å²) in [5.41, 5.74) is 7.14. The minimum Gasteiger partial charge on any atom is -0.325 e. The largest absolute Gasteiger partial charge is 0.325 e. The Bertz CT molecular complexity index is 594. The predicted octanol–water partition coefficient (Wildman–Crippen LogP) is 2.03. The van der Waals surface area contributed by atoms with Crippen molar-refractivity contribution in [2.24, 2.45) is 5.73 Å². The molecule has 2 N–H and O–H groups in total. The first kappa shape index (κ1) is 13.7. The molecule has 5 nitrogen and oxygen atoms in total. The SMILES string of the molecule is CCCn1ncc(Cl)c1C(=O)c1ccnc(CN)c1. The Balaban J connectivity index is 2.40. The monoisotopic (exact) mass is 278 g/mol. The molecule has 2 heterocycles. The van der Waals surface area contributed by atoms with E-state index in [1.54, 1.807) is 23.0 Å². The summed E-state index contributed by atoms with van der Waals surface area (Å²) in [5, 5.41) is 4.48. The van der Waals surface area contributed by atoms with Crippen molar-refractivity contribution in [3.05, 3.63) is 46.5 Å². The highest BCUT2D eigenvalue weighted by molar-refractivity contribution is 6.34. The van der Waals surface area contributed by atoms with Gasteiger partial charge in [0.05, 0.1) is 16.9 Å². The number of halogens is 1. The Morgan fingerprint density at radius 3 is 3.00 bits per heavy atom. The molecular formula is C13H15ClN4O. The zero-order valence-corrected chi connectivity index (χ0v) is 11.4. The second-order valence-electron chi connectivity index (χ2n) is 4.13. The predicted molar refractivity (Wildman–Crippen MR) is 73.1 cm³/mol. The number of aryl methyl sites for hydroxylation is 1. The Labute approximate surface area is 116 Å². The molecule has 0 fully saturated rings. The number of nitrogens with zero attached hydrogens (tertiary/aromatic N) is 3. The summed E-state index contributed by atoms with van der Waals surface area (Å²) in [6.07, 6.45) is 3.95. The lowest BCUT2D eigenvalue weighted by atomic mass is 10.1. The quantitative estimate of drug-likeness (QED) is 0.849. The smallest absolute Gasteiger partial charge is 0.212 e. The second kappa shape index (κ2) is 5.95. The highest BCUT2D eigenvalue weighted by Crippen LogP contribution is 2.19.